The van der Waals surface area contributed by atoms with Crippen LogP contribution < -0.4 is 5.32 Å². The number of piperidine rings is 1. The van der Waals surface area contributed by atoms with E-state index < -0.39 is 0 Å². The van der Waals surface area contributed by atoms with Gasteiger partial charge in [0.05, 0.1) is 5.69 Å². The van der Waals surface area contributed by atoms with Crippen molar-refractivity contribution in [3.8, 4) is 22.6 Å². The van der Waals surface area contributed by atoms with Gasteiger partial charge in [-0.3, -0.25) is 9.20 Å². The lowest BCUT2D eigenvalue weighted by Gasteiger charge is -2.33. The quantitative estimate of drug-likeness (QED) is 0.449. The van der Waals surface area contributed by atoms with Gasteiger partial charge in [0.1, 0.15) is 23.5 Å². The second kappa shape index (κ2) is 9.24. The highest BCUT2D eigenvalue weighted by Crippen LogP contribution is 2.32. The molecule has 3 aromatic heterocycles. The van der Waals surface area contributed by atoms with Crippen LogP contribution >= 0.6 is 0 Å². The summed E-state index contributed by atoms with van der Waals surface area (Å²) in [6.45, 7) is 5.55. The second-order valence-corrected chi connectivity index (χ2v) is 9.06. The van der Waals surface area contributed by atoms with E-state index in [0.29, 0.717) is 42.1 Å². The Bertz CT molecular complexity index is 1300. The highest BCUT2D eigenvalue weighted by molar-refractivity contribution is 5.79. The normalized spacial score (nSPS) is 16.4. The molecular formula is C25H27FN6O2. The molecule has 0 unspecified atom stereocenters. The van der Waals surface area contributed by atoms with Gasteiger partial charge in [-0.25, -0.2) is 14.4 Å². The number of fused-ring (bicyclic) bond motifs is 1. The summed E-state index contributed by atoms with van der Waals surface area (Å²) in [7, 11) is 0. The maximum absolute atomic E-state index is 13.5. The van der Waals surface area contributed by atoms with Crippen molar-refractivity contribution in [1.82, 2.24) is 24.3 Å². The van der Waals surface area contributed by atoms with Gasteiger partial charge in [-0.05, 0) is 49.1 Å². The van der Waals surface area contributed by atoms with Crippen LogP contribution in [0.25, 0.3) is 28.5 Å². The van der Waals surface area contributed by atoms with Gasteiger partial charge in [0, 0.05) is 43.5 Å². The molecule has 1 atom stereocenters. The molecule has 1 fully saturated rings. The van der Waals surface area contributed by atoms with E-state index in [9.17, 15) is 9.18 Å². The van der Waals surface area contributed by atoms with Gasteiger partial charge in [0.25, 0.3) is 0 Å². The lowest BCUT2D eigenvalue weighted by Crippen LogP contribution is -2.45. The smallest absolute Gasteiger partial charge is 0.306 e. The maximum atomic E-state index is 13.5. The number of nitrogens with one attached hydrogen (secondary N) is 1. The zero-order valence-electron chi connectivity index (χ0n) is 19.2. The van der Waals surface area contributed by atoms with Crippen molar-refractivity contribution < 1.29 is 13.6 Å². The van der Waals surface area contributed by atoms with Crippen LogP contribution in [0.2, 0.25) is 0 Å². The average molecular weight is 463 g/mol. The summed E-state index contributed by atoms with van der Waals surface area (Å²) >= 11 is 0. The Kier molecular flexibility index (Phi) is 6.00. The number of halogens is 1. The molecule has 1 aromatic carbocycles. The zero-order chi connectivity index (χ0) is 23.7. The monoisotopic (exact) mass is 462 g/mol. The van der Waals surface area contributed by atoms with Crippen molar-refractivity contribution in [2.24, 2.45) is 5.92 Å². The topological polar surface area (TPSA) is 88.6 Å². The second-order valence-electron chi connectivity index (χ2n) is 9.06. The van der Waals surface area contributed by atoms with Crippen LogP contribution in [0.3, 0.4) is 0 Å². The number of benzene rings is 1. The van der Waals surface area contributed by atoms with E-state index in [2.05, 4.69) is 29.1 Å². The molecule has 0 spiro atoms. The molecule has 176 valence electrons. The molecule has 1 saturated heterocycles. The van der Waals surface area contributed by atoms with Crippen molar-refractivity contribution in [3.63, 3.8) is 0 Å². The minimum absolute atomic E-state index is 0.0797. The number of oxazole rings is 1. The third-order valence-corrected chi connectivity index (χ3v) is 5.97. The Hall–Kier alpha value is -3.75. The molecule has 1 aliphatic rings. The number of carbonyl (C=O) groups excluding carboxylic acids is 1. The Morgan fingerprint density at radius 1 is 1.24 bits per heavy atom. The Morgan fingerprint density at radius 3 is 2.85 bits per heavy atom. The molecule has 5 rings (SSSR count). The summed E-state index contributed by atoms with van der Waals surface area (Å²) in [6, 6.07) is 8.08. The number of hydrogen-bond acceptors (Lipinski definition) is 6. The molecule has 0 aliphatic carbocycles. The number of likely N-dealkylation sites (tertiary alicyclic amines) is 1. The number of anilines is 1. The molecule has 8 nitrogen and oxygen atoms in total. The molecule has 1 aliphatic heterocycles. The van der Waals surface area contributed by atoms with Crippen LogP contribution in [0, 0.1) is 11.7 Å². The molecule has 0 radical (unpaired) electrons. The summed E-state index contributed by atoms with van der Waals surface area (Å²) in [5.41, 5.74) is 2.80. The number of imidazole rings is 1. The average Bonchev–Trinajstić information content (AvgIpc) is 3.41. The van der Waals surface area contributed by atoms with Crippen LogP contribution in [0.15, 0.2) is 53.4 Å². The van der Waals surface area contributed by atoms with Crippen LogP contribution in [0.1, 0.15) is 33.1 Å². The van der Waals surface area contributed by atoms with Gasteiger partial charge in [0.2, 0.25) is 11.9 Å². The van der Waals surface area contributed by atoms with Gasteiger partial charge in [-0.1, -0.05) is 13.8 Å². The standard InChI is InChI=1S/C25H27FN6O2/c1-16(2)14-21(33)31-11-3-4-19(15-31)28-24-27-10-9-20(29-24)23-22(17-5-7-18(26)8-6-17)30-25-32(23)12-13-34-25/h5-10,12-13,16,19H,3-4,11,14-15H2,1-2H3,(H,27,28,29)/t19-/m1/s1. The number of nitrogens with zero attached hydrogens (tertiary/aromatic N) is 5. The molecule has 4 aromatic rings. The molecule has 0 saturated carbocycles. The van der Waals surface area contributed by atoms with Crippen molar-refractivity contribution in [2.45, 2.75) is 39.2 Å². The number of carbonyl (C=O) groups is 1. The number of aromatic nitrogens is 4. The third kappa shape index (κ3) is 4.50. The van der Waals surface area contributed by atoms with Crippen LogP contribution in [-0.4, -0.2) is 49.3 Å². The first kappa shape index (κ1) is 22.1. The van der Waals surface area contributed by atoms with Crippen molar-refractivity contribution in [3.05, 3.63) is 54.8 Å². The van der Waals surface area contributed by atoms with E-state index in [-0.39, 0.29) is 17.8 Å². The van der Waals surface area contributed by atoms with Crippen molar-refractivity contribution in [2.75, 3.05) is 18.4 Å². The van der Waals surface area contributed by atoms with Crippen LogP contribution in [-0.2, 0) is 4.79 Å². The predicted octanol–water partition coefficient (Wildman–Crippen LogP) is 4.64. The Balaban J connectivity index is 1.42. The lowest BCUT2D eigenvalue weighted by molar-refractivity contribution is -0.133. The molecular weight excluding hydrogens is 435 g/mol. The molecule has 0 bridgehead atoms. The van der Waals surface area contributed by atoms with Crippen molar-refractivity contribution >= 4 is 17.7 Å². The number of amides is 1. The van der Waals surface area contributed by atoms with Gasteiger partial charge in [-0.15, -0.1) is 0 Å². The fourth-order valence-corrected chi connectivity index (χ4v) is 4.38. The van der Waals surface area contributed by atoms with Crippen LogP contribution in [0.4, 0.5) is 10.3 Å². The largest absolute Gasteiger partial charge is 0.432 e. The first-order valence-corrected chi connectivity index (χ1v) is 11.6. The van der Waals surface area contributed by atoms with Gasteiger partial charge in [0.15, 0.2) is 0 Å². The van der Waals surface area contributed by atoms with E-state index in [1.807, 2.05) is 15.4 Å². The highest BCUT2D eigenvalue weighted by atomic mass is 19.1. The van der Waals surface area contributed by atoms with E-state index in [1.165, 1.54) is 12.1 Å². The molecule has 9 heteroatoms. The summed E-state index contributed by atoms with van der Waals surface area (Å²) < 4.78 is 20.8. The highest BCUT2D eigenvalue weighted by Gasteiger charge is 2.25. The van der Waals surface area contributed by atoms with E-state index in [1.54, 1.807) is 30.8 Å². The first-order chi connectivity index (χ1) is 16.5. The van der Waals surface area contributed by atoms with E-state index in [0.717, 1.165) is 30.6 Å². The fraction of sp³-hybridized carbons (Fsp3) is 0.360. The minimum Gasteiger partial charge on any atom is -0.432 e. The molecule has 4 heterocycles. The predicted molar refractivity (Wildman–Crippen MR) is 127 cm³/mol. The summed E-state index contributed by atoms with van der Waals surface area (Å²) in [5, 5.41) is 3.41. The van der Waals surface area contributed by atoms with Gasteiger partial charge >= 0.3 is 5.84 Å². The van der Waals surface area contributed by atoms with Gasteiger partial charge < -0.3 is 14.6 Å². The zero-order valence-corrected chi connectivity index (χ0v) is 19.2. The molecule has 34 heavy (non-hydrogen) atoms. The SMILES string of the molecule is CC(C)CC(=O)N1CCC[C@@H](Nc2nccc(-c3c(-c4ccc(F)cc4)nc4occn34)n2)C1. The van der Waals surface area contributed by atoms with Crippen molar-refractivity contribution in [1.29, 1.82) is 0 Å². The summed E-state index contributed by atoms with van der Waals surface area (Å²) in [5.74, 6) is 1.14. The Labute approximate surface area is 196 Å². The van der Waals surface area contributed by atoms with E-state index >= 15 is 0 Å². The maximum Gasteiger partial charge on any atom is 0.306 e. The first-order valence-electron chi connectivity index (χ1n) is 11.6. The number of rotatable bonds is 6. The summed E-state index contributed by atoms with van der Waals surface area (Å²) in [6.07, 6.45) is 7.48. The lowest BCUT2D eigenvalue weighted by atomic mass is 10.0. The fourth-order valence-electron chi connectivity index (χ4n) is 4.38. The molecule has 1 N–H and O–H groups in total. The third-order valence-electron chi connectivity index (χ3n) is 5.97. The minimum atomic E-state index is -0.310. The number of hydrogen-bond donors (Lipinski definition) is 1. The van der Waals surface area contributed by atoms with Gasteiger partial charge in [-0.2, -0.15) is 4.98 Å². The summed E-state index contributed by atoms with van der Waals surface area (Å²) in [4.78, 5) is 28.2. The van der Waals surface area contributed by atoms with E-state index in [4.69, 9.17) is 9.40 Å². The van der Waals surface area contributed by atoms with Crippen LogP contribution in [0.5, 0.6) is 0 Å². The molecule has 1 amide bonds. The Morgan fingerprint density at radius 2 is 2.06 bits per heavy atom.